The van der Waals surface area contributed by atoms with Gasteiger partial charge in [0.15, 0.2) is 0 Å². The van der Waals surface area contributed by atoms with E-state index >= 15 is 0 Å². The number of carbonyl (C=O) groups is 1. The van der Waals surface area contributed by atoms with Crippen LogP contribution in [0.25, 0.3) is 10.8 Å². The number of nitrogens with one attached hydrogen (secondary N) is 1. The fourth-order valence-corrected chi connectivity index (χ4v) is 4.03. The number of fused-ring (bicyclic) bond motifs is 1. The Kier molecular flexibility index (Phi) is 7.00. The maximum Gasteiger partial charge on any atom is 0.229 e. The van der Waals surface area contributed by atoms with Crippen LogP contribution >= 0.6 is 0 Å². The molecule has 176 valence electrons. The molecule has 1 aliphatic rings. The van der Waals surface area contributed by atoms with Gasteiger partial charge in [-0.2, -0.15) is 5.10 Å². The Morgan fingerprint density at radius 3 is 2.55 bits per heavy atom. The van der Waals surface area contributed by atoms with E-state index in [0.29, 0.717) is 12.4 Å². The molecular formula is C26H34N4O3. The second-order valence-corrected chi connectivity index (χ2v) is 9.58. The number of hydrogen-bond acceptors (Lipinski definition) is 5. The van der Waals surface area contributed by atoms with E-state index < -0.39 is 0 Å². The van der Waals surface area contributed by atoms with Gasteiger partial charge in [-0.25, -0.2) is 0 Å². The minimum Gasteiger partial charge on any atom is -0.492 e. The maximum absolute atomic E-state index is 12.9. The molecule has 0 saturated carbocycles. The van der Waals surface area contributed by atoms with Crippen LogP contribution in [0.3, 0.4) is 0 Å². The first kappa shape index (κ1) is 23.3. The summed E-state index contributed by atoms with van der Waals surface area (Å²) in [5, 5.41) is 9.62. The molecular weight excluding hydrogens is 416 g/mol. The van der Waals surface area contributed by atoms with Crippen molar-refractivity contribution in [3.8, 4) is 5.75 Å². The number of nitrogens with zero attached hydrogens (tertiary/aromatic N) is 3. The molecule has 1 saturated heterocycles. The van der Waals surface area contributed by atoms with E-state index in [9.17, 15) is 4.79 Å². The SMILES string of the molecule is Cn1nc(C(C)(C)C)cc1NC(=O)Cc1ccc(OCCN2CCOCC2)c2ccccc12. The average Bonchev–Trinajstić information content (AvgIpc) is 3.16. The zero-order valence-corrected chi connectivity index (χ0v) is 20.1. The number of amides is 1. The first-order valence-electron chi connectivity index (χ1n) is 11.6. The van der Waals surface area contributed by atoms with E-state index in [1.807, 2.05) is 37.4 Å². The van der Waals surface area contributed by atoms with Crippen LogP contribution in [-0.4, -0.2) is 60.0 Å². The fraction of sp³-hybridized carbons (Fsp3) is 0.462. The smallest absolute Gasteiger partial charge is 0.229 e. The summed E-state index contributed by atoms with van der Waals surface area (Å²) in [6, 6.07) is 14.0. The van der Waals surface area contributed by atoms with Crippen LogP contribution in [0, 0.1) is 0 Å². The predicted molar refractivity (Wildman–Crippen MR) is 131 cm³/mol. The van der Waals surface area contributed by atoms with Crippen molar-refractivity contribution in [3.63, 3.8) is 0 Å². The van der Waals surface area contributed by atoms with Crippen molar-refractivity contribution < 1.29 is 14.3 Å². The topological polar surface area (TPSA) is 68.6 Å². The van der Waals surface area contributed by atoms with Crippen LogP contribution in [0.15, 0.2) is 42.5 Å². The normalized spacial score (nSPS) is 15.0. The molecule has 0 bridgehead atoms. The number of benzene rings is 2. The van der Waals surface area contributed by atoms with Crippen LogP contribution in [0.1, 0.15) is 32.0 Å². The van der Waals surface area contributed by atoms with E-state index in [1.54, 1.807) is 4.68 Å². The highest BCUT2D eigenvalue weighted by atomic mass is 16.5. The molecule has 0 aliphatic carbocycles. The Morgan fingerprint density at radius 1 is 1.12 bits per heavy atom. The van der Waals surface area contributed by atoms with Gasteiger partial charge in [0.05, 0.1) is 25.3 Å². The third-order valence-electron chi connectivity index (χ3n) is 6.01. The summed E-state index contributed by atoms with van der Waals surface area (Å²) < 4.78 is 13.3. The molecule has 0 spiro atoms. The van der Waals surface area contributed by atoms with Crippen LogP contribution in [0.5, 0.6) is 5.75 Å². The molecule has 2 aromatic carbocycles. The van der Waals surface area contributed by atoms with Crippen LogP contribution < -0.4 is 10.1 Å². The quantitative estimate of drug-likeness (QED) is 0.594. The van der Waals surface area contributed by atoms with E-state index in [1.165, 1.54) is 0 Å². The second kappa shape index (κ2) is 9.93. The van der Waals surface area contributed by atoms with Crippen molar-refractivity contribution >= 4 is 22.5 Å². The molecule has 33 heavy (non-hydrogen) atoms. The first-order chi connectivity index (χ1) is 15.8. The number of ether oxygens (including phenoxy) is 2. The van der Waals surface area contributed by atoms with E-state index in [0.717, 1.165) is 60.6 Å². The van der Waals surface area contributed by atoms with Crippen molar-refractivity contribution in [2.45, 2.75) is 32.6 Å². The van der Waals surface area contributed by atoms with Crippen molar-refractivity contribution in [2.75, 3.05) is 44.8 Å². The maximum atomic E-state index is 12.9. The first-order valence-corrected chi connectivity index (χ1v) is 11.6. The van der Waals surface area contributed by atoms with Crippen LogP contribution in [0.4, 0.5) is 5.82 Å². The number of rotatable bonds is 7. The molecule has 0 radical (unpaired) electrons. The monoisotopic (exact) mass is 450 g/mol. The summed E-state index contributed by atoms with van der Waals surface area (Å²) in [4.78, 5) is 15.2. The number of hydrogen-bond donors (Lipinski definition) is 1. The number of morpholine rings is 1. The zero-order valence-electron chi connectivity index (χ0n) is 20.1. The minimum atomic E-state index is -0.0749. The molecule has 1 amide bonds. The molecule has 1 aromatic heterocycles. The van der Waals surface area contributed by atoms with Gasteiger partial charge in [0.2, 0.25) is 5.91 Å². The van der Waals surface area contributed by atoms with Crippen molar-refractivity contribution in [1.29, 1.82) is 0 Å². The minimum absolute atomic E-state index is 0.0652. The lowest BCUT2D eigenvalue weighted by atomic mass is 9.92. The standard InChI is InChI=1S/C26H34N4O3/c1-26(2,3)23-18-24(29(4)28-23)27-25(31)17-19-9-10-22(21-8-6-5-7-20(19)21)33-16-13-30-11-14-32-15-12-30/h5-10,18H,11-17H2,1-4H3,(H,27,31). The second-order valence-electron chi connectivity index (χ2n) is 9.58. The number of aryl methyl sites for hydroxylation is 1. The van der Waals surface area contributed by atoms with Gasteiger partial charge in [0.25, 0.3) is 0 Å². The average molecular weight is 451 g/mol. The molecule has 1 fully saturated rings. The van der Waals surface area contributed by atoms with Gasteiger partial charge in [-0.05, 0) is 17.0 Å². The van der Waals surface area contributed by atoms with Crippen molar-refractivity contribution in [3.05, 3.63) is 53.7 Å². The largest absolute Gasteiger partial charge is 0.492 e. The number of anilines is 1. The summed E-state index contributed by atoms with van der Waals surface area (Å²) >= 11 is 0. The van der Waals surface area contributed by atoms with Crippen molar-refractivity contribution in [2.24, 2.45) is 7.05 Å². The van der Waals surface area contributed by atoms with Crippen LogP contribution in [-0.2, 0) is 28.4 Å². The van der Waals surface area contributed by atoms with Gasteiger partial charge in [0.1, 0.15) is 18.2 Å². The van der Waals surface area contributed by atoms with Gasteiger partial charge in [0, 0.05) is 43.5 Å². The highest BCUT2D eigenvalue weighted by molar-refractivity contribution is 5.97. The third-order valence-corrected chi connectivity index (χ3v) is 6.01. The fourth-order valence-electron chi connectivity index (χ4n) is 4.03. The molecule has 4 rings (SSSR count). The van der Waals surface area contributed by atoms with Crippen LogP contribution in [0.2, 0.25) is 0 Å². The molecule has 0 unspecified atom stereocenters. The van der Waals surface area contributed by atoms with Crippen molar-refractivity contribution in [1.82, 2.24) is 14.7 Å². The van der Waals surface area contributed by atoms with Gasteiger partial charge in [-0.1, -0.05) is 51.1 Å². The summed E-state index contributed by atoms with van der Waals surface area (Å²) in [7, 11) is 1.85. The van der Waals surface area contributed by atoms with E-state index in [2.05, 4.69) is 48.2 Å². The Morgan fingerprint density at radius 2 is 1.85 bits per heavy atom. The number of aromatic nitrogens is 2. The highest BCUT2D eigenvalue weighted by Gasteiger charge is 2.20. The number of carbonyl (C=O) groups excluding carboxylic acids is 1. The van der Waals surface area contributed by atoms with Gasteiger partial charge < -0.3 is 14.8 Å². The Labute approximate surface area is 195 Å². The summed E-state index contributed by atoms with van der Waals surface area (Å²) in [5.41, 5.74) is 1.85. The van der Waals surface area contributed by atoms with Gasteiger partial charge in [-0.3, -0.25) is 14.4 Å². The van der Waals surface area contributed by atoms with Gasteiger partial charge >= 0.3 is 0 Å². The highest BCUT2D eigenvalue weighted by Crippen LogP contribution is 2.29. The summed E-state index contributed by atoms with van der Waals surface area (Å²) in [6.07, 6.45) is 0.282. The molecule has 2 heterocycles. The molecule has 1 aliphatic heterocycles. The molecule has 0 atom stereocenters. The molecule has 3 aromatic rings. The lowest BCUT2D eigenvalue weighted by Crippen LogP contribution is -2.38. The molecule has 1 N–H and O–H groups in total. The Bertz CT molecular complexity index is 1110. The summed E-state index contributed by atoms with van der Waals surface area (Å²) in [6.45, 7) is 11.3. The third kappa shape index (κ3) is 5.72. The van der Waals surface area contributed by atoms with E-state index in [4.69, 9.17) is 9.47 Å². The predicted octanol–water partition coefficient (Wildman–Crippen LogP) is 3.76. The molecule has 7 nitrogen and oxygen atoms in total. The van der Waals surface area contributed by atoms with Gasteiger partial charge in [-0.15, -0.1) is 0 Å². The van der Waals surface area contributed by atoms with E-state index in [-0.39, 0.29) is 17.7 Å². The zero-order chi connectivity index (χ0) is 23.4. The molecule has 7 heteroatoms. The lowest BCUT2D eigenvalue weighted by molar-refractivity contribution is -0.115. The summed E-state index contributed by atoms with van der Waals surface area (Å²) in [5.74, 6) is 1.49. The Hall–Kier alpha value is -2.90. The Balaban J connectivity index is 1.44. The lowest BCUT2D eigenvalue weighted by Gasteiger charge is -2.26.